The number of nitrogens with two attached hydrogens (primary N) is 1. The molecule has 0 fully saturated rings. The third-order valence-corrected chi connectivity index (χ3v) is 2.93. The summed E-state index contributed by atoms with van der Waals surface area (Å²) in [6, 6.07) is 5.62. The molecule has 0 saturated carbocycles. The first kappa shape index (κ1) is 14.4. The molecule has 1 atom stereocenters. The number of hydrogen-bond donors (Lipinski definition) is 2. The lowest BCUT2D eigenvalue weighted by atomic mass is 10.0. The van der Waals surface area contributed by atoms with Crippen LogP contribution in [0.25, 0.3) is 0 Å². The summed E-state index contributed by atoms with van der Waals surface area (Å²) in [5, 5.41) is 3.24. The van der Waals surface area contributed by atoms with Gasteiger partial charge < -0.3 is 16.0 Å². The van der Waals surface area contributed by atoms with Crippen LogP contribution in [-0.2, 0) is 0 Å². The van der Waals surface area contributed by atoms with E-state index < -0.39 is 5.91 Å². The lowest BCUT2D eigenvalue weighted by Gasteiger charge is -2.28. The van der Waals surface area contributed by atoms with Gasteiger partial charge in [0.15, 0.2) is 0 Å². The van der Waals surface area contributed by atoms with Gasteiger partial charge in [0.05, 0.1) is 0 Å². The second-order valence-electron chi connectivity index (χ2n) is 4.93. The topological polar surface area (TPSA) is 71.2 Å². The zero-order chi connectivity index (χ0) is 13.7. The highest BCUT2D eigenvalue weighted by Crippen LogP contribution is 2.10. The average molecular weight is 250 g/mol. The quantitative estimate of drug-likeness (QED) is 0.795. The van der Waals surface area contributed by atoms with Crippen LogP contribution in [0.2, 0.25) is 0 Å². The third-order valence-electron chi connectivity index (χ3n) is 2.93. The molecule has 0 radical (unpaired) electrons. The Morgan fingerprint density at radius 1 is 1.44 bits per heavy atom. The van der Waals surface area contributed by atoms with Crippen LogP contribution < -0.4 is 11.1 Å². The predicted molar refractivity (Wildman–Crippen MR) is 73.6 cm³/mol. The maximum absolute atomic E-state index is 11.0. The number of carbonyl (C=O) groups excluding carboxylic acids is 1. The van der Waals surface area contributed by atoms with Crippen LogP contribution in [0.3, 0.4) is 0 Å². The zero-order valence-corrected chi connectivity index (χ0v) is 11.5. The van der Waals surface area contributed by atoms with Crippen molar-refractivity contribution in [2.45, 2.75) is 19.9 Å². The summed E-state index contributed by atoms with van der Waals surface area (Å²) in [5.41, 5.74) is 5.48. The van der Waals surface area contributed by atoms with Crippen molar-refractivity contribution in [1.29, 1.82) is 0 Å². The largest absolute Gasteiger partial charge is 0.368 e. The minimum Gasteiger partial charge on any atom is -0.368 e. The van der Waals surface area contributed by atoms with E-state index in [1.165, 1.54) is 0 Å². The van der Waals surface area contributed by atoms with Gasteiger partial charge in [-0.3, -0.25) is 4.79 Å². The number of anilines is 1. The Bertz CT molecular complexity index is 396. The number of hydrogen-bond acceptors (Lipinski definition) is 4. The van der Waals surface area contributed by atoms with Crippen molar-refractivity contribution in [1.82, 2.24) is 9.88 Å². The van der Waals surface area contributed by atoms with E-state index in [0.29, 0.717) is 17.8 Å². The molecule has 0 spiro atoms. The second-order valence-corrected chi connectivity index (χ2v) is 4.93. The highest BCUT2D eigenvalue weighted by molar-refractivity contribution is 5.91. The number of primary amides is 1. The van der Waals surface area contributed by atoms with Crippen molar-refractivity contribution in [2.75, 3.05) is 26.0 Å². The van der Waals surface area contributed by atoms with E-state index in [-0.39, 0.29) is 5.69 Å². The minimum atomic E-state index is -0.508. The van der Waals surface area contributed by atoms with Crippen molar-refractivity contribution in [2.24, 2.45) is 11.7 Å². The molecule has 5 heteroatoms. The number of rotatable bonds is 6. The van der Waals surface area contributed by atoms with E-state index in [4.69, 9.17) is 5.73 Å². The summed E-state index contributed by atoms with van der Waals surface area (Å²) in [6.45, 7) is 5.14. The standard InChI is InChI=1S/C13H22N4O/c1-9(2)11(17(3)4)8-15-12-7-5-6-10(16-12)13(14)18/h5-7,9,11H,8H2,1-4H3,(H2,14,18)(H,15,16)/t11-/m1/s1. The van der Waals surface area contributed by atoms with Gasteiger partial charge in [0.25, 0.3) is 5.91 Å². The number of pyridine rings is 1. The second kappa shape index (κ2) is 6.35. The molecular formula is C13H22N4O. The van der Waals surface area contributed by atoms with E-state index in [1.807, 2.05) is 6.07 Å². The van der Waals surface area contributed by atoms with Gasteiger partial charge in [-0.15, -0.1) is 0 Å². The van der Waals surface area contributed by atoms with Crippen LogP contribution in [0.1, 0.15) is 24.3 Å². The summed E-state index contributed by atoms with van der Waals surface area (Å²) in [4.78, 5) is 17.4. The van der Waals surface area contributed by atoms with Crippen molar-refractivity contribution < 1.29 is 4.79 Å². The summed E-state index contributed by atoms with van der Waals surface area (Å²) in [6.07, 6.45) is 0. The fraction of sp³-hybridized carbons (Fsp3) is 0.538. The van der Waals surface area contributed by atoms with E-state index in [0.717, 1.165) is 6.54 Å². The monoisotopic (exact) mass is 250 g/mol. The zero-order valence-electron chi connectivity index (χ0n) is 11.5. The van der Waals surface area contributed by atoms with Gasteiger partial charge in [-0.2, -0.15) is 0 Å². The Morgan fingerprint density at radius 2 is 2.11 bits per heavy atom. The van der Waals surface area contributed by atoms with Gasteiger partial charge in [-0.1, -0.05) is 19.9 Å². The molecule has 0 aliphatic carbocycles. The number of nitrogens with zero attached hydrogens (tertiary/aromatic N) is 2. The van der Waals surface area contributed by atoms with Crippen molar-refractivity contribution >= 4 is 11.7 Å². The van der Waals surface area contributed by atoms with Crippen LogP contribution >= 0.6 is 0 Å². The molecule has 1 heterocycles. The van der Waals surface area contributed by atoms with Gasteiger partial charge in [-0.25, -0.2) is 4.98 Å². The Balaban J connectivity index is 2.67. The Labute approximate surface area is 108 Å². The van der Waals surface area contributed by atoms with Crippen molar-refractivity contribution in [3.63, 3.8) is 0 Å². The number of nitrogens with one attached hydrogen (secondary N) is 1. The Kier molecular flexibility index (Phi) is 5.09. The summed E-state index contributed by atoms with van der Waals surface area (Å²) >= 11 is 0. The number of amides is 1. The molecule has 100 valence electrons. The van der Waals surface area contributed by atoms with E-state index in [1.54, 1.807) is 12.1 Å². The van der Waals surface area contributed by atoms with E-state index in [9.17, 15) is 4.79 Å². The van der Waals surface area contributed by atoms with E-state index in [2.05, 4.69) is 43.1 Å². The van der Waals surface area contributed by atoms with Crippen molar-refractivity contribution in [3.8, 4) is 0 Å². The maximum Gasteiger partial charge on any atom is 0.267 e. The van der Waals surface area contributed by atoms with Crippen LogP contribution in [0, 0.1) is 5.92 Å². The summed E-state index contributed by atoms with van der Waals surface area (Å²) < 4.78 is 0. The maximum atomic E-state index is 11.0. The molecule has 0 unspecified atom stereocenters. The first-order valence-corrected chi connectivity index (χ1v) is 6.09. The van der Waals surface area contributed by atoms with Crippen LogP contribution in [0.4, 0.5) is 5.82 Å². The number of carbonyl (C=O) groups is 1. The molecule has 18 heavy (non-hydrogen) atoms. The SMILES string of the molecule is CC(C)[C@@H](CNc1cccc(C(N)=O)n1)N(C)C. The third kappa shape index (κ3) is 4.00. The van der Waals surface area contributed by atoms with Gasteiger partial charge in [0.2, 0.25) is 0 Å². The average Bonchev–Trinajstić information content (AvgIpc) is 2.28. The molecule has 0 aliphatic rings. The lowest BCUT2D eigenvalue weighted by molar-refractivity contribution is 0.0995. The summed E-state index contributed by atoms with van der Waals surface area (Å²) in [5.74, 6) is 0.706. The molecule has 1 amide bonds. The van der Waals surface area contributed by atoms with E-state index >= 15 is 0 Å². The van der Waals surface area contributed by atoms with Crippen molar-refractivity contribution in [3.05, 3.63) is 23.9 Å². The highest BCUT2D eigenvalue weighted by atomic mass is 16.1. The van der Waals surface area contributed by atoms with Gasteiger partial charge >= 0.3 is 0 Å². The van der Waals surface area contributed by atoms with Gasteiger partial charge in [0.1, 0.15) is 11.5 Å². The fourth-order valence-electron chi connectivity index (χ4n) is 1.89. The molecule has 1 aromatic heterocycles. The normalized spacial score (nSPS) is 12.8. The smallest absolute Gasteiger partial charge is 0.267 e. The minimum absolute atomic E-state index is 0.283. The molecular weight excluding hydrogens is 228 g/mol. The Morgan fingerprint density at radius 3 is 2.61 bits per heavy atom. The number of aromatic nitrogens is 1. The molecule has 0 aromatic carbocycles. The molecule has 5 nitrogen and oxygen atoms in total. The van der Waals surface area contributed by atoms with Gasteiger partial charge in [0, 0.05) is 12.6 Å². The molecule has 1 aromatic rings. The Hall–Kier alpha value is -1.62. The fourth-order valence-corrected chi connectivity index (χ4v) is 1.89. The van der Waals surface area contributed by atoms with Gasteiger partial charge in [-0.05, 0) is 32.1 Å². The molecule has 0 bridgehead atoms. The first-order valence-electron chi connectivity index (χ1n) is 6.09. The first-order chi connectivity index (χ1) is 8.41. The van der Waals surface area contributed by atoms with Crippen LogP contribution in [0.15, 0.2) is 18.2 Å². The lowest BCUT2D eigenvalue weighted by Crippen LogP contribution is -2.38. The van der Waals surface area contributed by atoms with Crippen LogP contribution in [0.5, 0.6) is 0 Å². The molecule has 0 saturated heterocycles. The summed E-state index contributed by atoms with van der Waals surface area (Å²) in [7, 11) is 4.11. The number of likely N-dealkylation sites (N-methyl/N-ethyl adjacent to an activating group) is 1. The van der Waals surface area contributed by atoms with Crippen LogP contribution in [-0.4, -0.2) is 42.5 Å². The predicted octanol–water partition coefficient (Wildman–Crippen LogP) is 1.18. The molecule has 1 rings (SSSR count). The molecule has 0 aliphatic heterocycles. The highest BCUT2D eigenvalue weighted by Gasteiger charge is 2.15. The molecule has 3 N–H and O–H groups in total.